The van der Waals surface area contributed by atoms with E-state index in [4.69, 9.17) is 11.5 Å². The molecule has 4 aromatic rings. The van der Waals surface area contributed by atoms with Crippen molar-refractivity contribution in [2.24, 2.45) is 0 Å². The molecule has 2 aromatic heterocycles. The molecule has 0 bridgehead atoms. The Bertz CT molecular complexity index is 971. The molecule has 0 radical (unpaired) electrons. The van der Waals surface area contributed by atoms with E-state index in [1.54, 1.807) is 0 Å². The Kier molecular flexibility index (Phi) is 5.98. The van der Waals surface area contributed by atoms with Gasteiger partial charge in [0.1, 0.15) is 0 Å². The maximum Gasteiger partial charge on any atom is 0.0477 e. The third-order valence-corrected chi connectivity index (χ3v) is 5.76. The first-order valence-electron chi connectivity index (χ1n) is 10.2. The van der Waals surface area contributed by atoms with Gasteiger partial charge < -0.3 is 21.4 Å². The number of hydrogen-bond acceptors (Lipinski definition) is 2. The van der Waals surface area contributed by atoms with Gasteiger partial charge in [0, 0.05) is 45.6 Å². The van der Waals surface area contributed by atoms with E-state index < -0.39 is 0 Å². The molecule has 2 atom stereocenters. The first-order chi connectivity index (χ1) is 13.4. The van der Waals surface area contributed by atoms with E-state index in [0.717, 1.165) is 35.2 Å². The molecule has 0 saturated heterocycles. The van der Waals surface area contributed by atoms with Crippen molar-refractivity contribution in [1.82, 2.24) is 9.97 Å². The number of hydrogen-bond donors (Lipinski definition) is 4. The van der Waals surface area contributed by atoms with Crippen molar-refractivity contribution in [3.63, 3.8) is 0 Å². The number of aromatic amines is 2. The highest BCUT2D eigenvalue weighted by molar-refractivity contribution is 5.87. The van der Waals surface area contributed by atoms with E-state index in [1.807, 2.05) is 24.3 Å². The van der Waals surface area contributed by atoms with Crippen molar-refractivity contribution in [1.29, 1.82) is 0 Å². The molecular weight excluding hydrogens is 344 g/mol. The smallest absolute Gasteiger partial charge is 0.0477 e. The second kappa shape index (κ2) is 8.42. The summed E-state index contributed by atoms with van der Waals surface area (Å²) in [7, 11) is 0. The molecular formula is C24H32N4. The number of H-pyrrole nitrogens is 2. The fourth-order valence-electron chi connectivity index (χ4n) is 3.59. The van der Waals surface area contributed by atoms with Gasteiger partial charge in [0.05, 0.1) is 0 Å². The van der Waals surface area contributed by atoms with Crippen LogP contribution in [-0.4, -0.2) is 9.97 Å². The number of nitrogens with one attached hydrogen (secondary N) is 2. The first kappa shape index (κ1) is 19.9. The standard InChI is InChI=1S/2C12H16N2/c2*1-3-8(2)11-7-14-12-6-9(13)4-5-10(11)12/h2*4-8,14H,3,13H2,1-2H3. The SMILES string of the molecule is CCC(C)c1c[nH]c2cc(N)ccc12.CCC(C)c1c[nH]c2cc(N)ccc12. The van der Waals surface area contributed by atoms with Crippen LogP contribution in [0, 0.1) is 0 Å². The van der Waals surface area contributed by atoms with Crippen LogP contribution in [0.25, 0.3) is 21.8 Å². The Morgan fingerprint density at radius 3 is 1.46 bits per heavy atom. The molecule has 0 aliphatic carbocycles. The Balaban J connectivity index is 0.000000161. The van der Waals surface area contributed by atoms with Gasteiger partial charge in [-0.05, 0) is 60.1 Å². The van der Waals surface area contributed by atoms with Crippen LogP contribution in [-0.2, 0) is 0 Å². The predicted octanol–water partition coefficient (Wildman–Crippen LogP) is 6.53. The van der Waals surface area contributed by atoms with Crippen LogP contribution in [0.3, 0.4) is 0 Å². The summed E-state index contributed by atoms with van der Waals surface area (Å²) >= 11 is 0. The Morgan fingerprint density at radius 1 is 0.714 bits per heavy atom. The van der Waals surface area contributed by atoms with Gasteiger partial charge in [-0.25, -0.2) is 0 Å². The van der Waals surface area contributed by atoms with Crippen LogP contribution in [0.15, 0.2) is 48.8 Å². The molecule has 2 heterocycles. The fourth-order valence-corrected chi connectivity index (χ4v) is 3.59. The summed E-state index contributed by atoms with van der Waals surface area (Å²) in [4.78, 5) is 6.53. The Hall–Kier alpha value is -2.88. The zero-order valence-electron chi connectivity index (χ0n) is 17.3. The van der Waals surface area contributed by atoms with E-state index in [2.05, 4.69) is 62.2 Å². The minimum Gasteiger partial charge on any atom is -0.399 e. The van der Waals surface area contributed by atoms with Crippen LogP contribution in [0.1, 0.15) is 63.5 Å². The highest BCUT2D eigenvalue weighted by atomic mass is 14.7. The van der Waals surface area contributed by atoms with Gasteiger partial charge in [-0.1, -0.05) is 39.8 Å². The second-order valence-electron chi connectivity index (χ2n) is 7.72. The average Bonchev–Trinajstić information content (AvgIpc) is 3.30. The molecule has 0 saturated carbocycles. The molecule has 6 N–H and O–H groups in total. The topological polar surface area (TPSA) is 83.6 Å². The third kappa shape index (κ3) is 4.01. The lowest BCUT2D eigenvalue weighted by atomic mass is 9.98. The normalized spacial score (nSPS) is 13.3. The second-order valence-corrected chi connectivity index (χ2v) is 7.72. The third-order valence-electron chi connectivity index (χ3n) is 5.76. The van der Waals surface area contributed by atoms with Crippen LogP contribution >= 0.6 is 0 Å². The lowest BCUT2D eigenvalue weighted by molar-refractivity contribution is 0.739. The number of benzene rings is 2. The summed E-state index contributed by atoms with van der Waals surface area (Å²) in [6.45, 7) is 8.92. The van der Waals surface area contributed by atoms with Crippen LogP contribution < -0.4 is 11.5 Å². The molecule has 4 rings (SSSR count). The van der Waals surface area contributed by atoms with Gasteiger partial charge in [-0.3, -0.25) is 0 Å². The molecule has 0 aliphatic rings. The summed E-state index contributed by atoms with van der Waals surface area (Å²) < 4.78 is 0. The monoisotopic (exact) mass is 376 g/mol. The van der Waals surface area contributed by atoms with Crippen molar-refractivity contribution in [2.45, 2.75) is 52.4 Å². The number of nitrogens with two attached hydrogens (primary N) is 2. The molecule has 28 heavy (non-hydrogen) atoms. The number of aromatic nitrogens is 2. The minimum atomic E-state index is 0.604. The van der Waals surface area contributed by atoms with Crippen LogP contribution in [0.2, 0.25) is 0 Å². The minimum absolute atomic E-state index is 0.604. The number of anilines is 2. The highest BCUT2D eigenvalue weighted by Gasteiger charge is 2.10. The Morgan fingerprint density at radius 2 is 1.11 bits per heavy atom. The molecule has 4 nitrogen and oxygen atoms in total. The van der Waals surface area contributed by atoms with Crippen LogP contribution in [0.5, 0.6) is 0 Å². The fraction of sp³-hybridized carbons (Fsp3) is 0.333. The summed E-state index contributed by atoms with van der Waals surface area (Å²) in [6.07, 6.45) is 6.52. The molecule has 4 heteroatoms. The van der Waals surface area contributed by atoms with Crippen molar-refractivity contribution in [2.75, 3.05) is 11.5 Å². The van der Waals surface area contributed by atoms with E-state index in [-0.39, 0.29) is 0 Å². The van der Waals surface area contributed by atoms with Crippen molar-refractivity contribution in [3.05, 3.63) is 59.9 Å². The predicted molar refractivity (Wildman–Crippen MR) is 123 cm³/mol. The zero-order chi connectivity index (χ0) is 20.3. The van der Waals surface area contributed by atoms with Crippen molar-refractivity contribution < 1.29 is 0 Å². The van der Waals surface area contributed by atoms with Crippen molar-refractivity contribution in [3.8, 4) is 0 Å². The number of nitrogen functional groups attached to an aromatic ring is 2. The lowest BCUT2D eigenvalue weighted by Gasteiger charge is -2.06. The molecule has 148 valence electrons. The van der Waals surface area contributed by atoms with Gasteiger partial charge in [-0.15, -0.1) is 0 Å². The molecule has 0 amide bonds. The average molecular weight is 377 g/mol. The zero-order valence-corrected chi connectivity index (χ0v) is 17.3. The van der Waals surface area contributed by atoms with Gasteiger partial charge in [0.15, 0.2) is 0 Å². The van der Waals surface area contributed by atoms with E-state index in [9.17, 15) is 0 Å². The Labute approximate surface area is 167 Å². The van der Waals surface area contributed by atoms with E-state index in [0.29, 0.717) is 11.8 Å². The van der Waals surface area contributed by atoms with E-state index in [1.165, 1.54) is 21.9 Å². The summed E-state index contributed by atoms with van der Waals surface area (Å²) in [5, 5.41) is 2.60. The largest absolute Gasteiger partial charge is 0.399 e. The van der Waals surface area contributed by atoms with Crippen LogP contribution in [0.4, 0.5) is 11.4 Å². The molecule has 0 spiro atoms. The summed E-state index contributed by atoms with van der Waals surface area (Å²) in [6, 6.07) is 12.1. The lowest BCUT2D eigenvalue weighted by Crippen LogP contribution is -1.89. The summed E-state index contributed by atoms with van der Waals surface area (Å²) in [5.41, 5.74) is 18.1. The van der Waals surface area contributed by atoms with Gasteiger partial charge >= 0.3 is 0 Å². The highest BCUT2D eigenvalue weighted by Crippen LogP contribution is 2.29. The van der Waals surface area contributed by atoms with Gasteiger partial charge in [-0.2, -0.15) is 0 Å². The number of fused-ring (bicyclic) bond motifs is 2. The summed E-state index contributed by atoms with van der Waals surface area (Å²) in [5.74, 6) is 1.21. The maximum absolute atomic E-state index is 5.72. The molecule has 0 aliphatic heterocycles. The van der Waals surface area contributed by atoms with E-state index >= 15 is 0 Å². The van der Waals surface area contributed by atoms with Gasteiger partial charge in [0.25, 0.3) is 0 Å². The molecule has 2 unspecified atom stereocenters. The van der Waals surface area contributed by atoms with Crippen molar-refractivity contribution >= 4 is 33.2 Å². The first-order valence-corrected chi connectivity index (χ1v) is 10.2. The molecule has 2 aromatic carbocycles. The molecule has 0 fully saturated rings. The quantitative estimate of drug-likeness (QED) is 0.305. The van der Waals surface area contributed by atoms with Gasteiger partial charge in [0.2, 0.25) is 0 Å². The maximum atomic E-state index is 5.72. The number of rotatable bonds is 4.